The predicted octanol–water partition coefficient (Wildman–Crippen LogP) is 4.40. The molecule has 0 radical (unpaired) electrons. The number of carbonyl (C=O) groups is 2. The third kappa shape index (κ3) is 3.97. The first-order chi connectivity index (χ1) is 12.9. The lowest BCUT2D eigenvalue weighted by molar-refractivity contribution is -0.135. The predicted molar refractivity (Wildman–Crippen MR) is 109 cm³/mol. The van der Waals surface area contributed by atoms with Crippen molar-refractivity contribution in [3.8, 4) is 0 Å². The number of carbonyl (C=O) groups excluding carboxylic acids is 2. The molecule has 2 N–H and O–H groups in total. The Balaban J connectivity index is 1.76. The number of pyridine rings is 1. The zero-order valence-corrected chi connectivity index (χ0v) is 15.7. The van der Waals surface area contributed by atoms with Crippen molar-refractivity contribution >= 4 is 34.1 Å². The Kier molecular flexibility index (Phi) is 5.21. The van der Waals surface area contributed by atoms with Gasteiger partial charge in [-0.3, -0.25) is 14.6 Å². The van der Waals surface area contributed by atoms with Gasteiger partial charge in [-0.2, -0.15) is 0 Å². The van der Waals surface area contributed by atoms with Gasteiger partial charge in [0, 0.05) is 17.3 Å². The van der Waals surface area contributed by atoms with Crippen LogP contribution in [0.25, 0.3) is 10.9 Å². The highest BCUT2D eigenvalue weighted by Gasteiger charge is 2.36. The fraction of sp³-hybridized carbons (Fsp3) is 0.227. The van der Waals surface area contributed by atoms with Crippen molar-refractivity contribution in [1.82, 2.24) is 4.98 Å². The summed E-state index contributed by atoms with van der Waals surface area (Å²) in [6.07, 6.45) is 2.61. The zero-order chi connectivity index (χ0) is 19.4. The van der Waals surface area contributed by atoms with E-state index >= 15 is 0 Å². The second-order valence-corrected chi connectivity index (χ2v) is 6.96. The van der Waals surface area contributed by atoms with E-state index in [1.54, 1.807) is 26.1 Å². The molecule has 2 aromatic carbocycles. The Morgan fingerprint density at radius 3 is 2.30 bits per heavy atom. The molecule has 1 heterocycles. The highest BCUT2D eigenvalue weighted by Crippen LogP contribution is 2.25. The number of hydrogen-bond donors (Lipinski definition) is 2. The van der Waals surface area contributed by atoms with Crippen molar-refractivity contribution in [2.75, 3.05) is 10.6 Å². The van der Waals surface area contributed by atoms with Crippen LogP contribution in [-0.2, 0) is 16.0 Å². The first-order valence-electron chi connectivity index (χ1n) is 8.97. The van der Waals surface area contributed by atoms with Gasteiger partial charge in [-0.1, -0.05) is 37.3 Å². The van der Waals surface area contributed by atoms with Gasteiger partial charge in [0.15, 0.2) is 0 Å². The maximum Gasteiger partial charge on any atom is 0.239 e. The molecule has 0 aliphatic carbocycles. The average Bonchev–Trinajstić information content (AvgIpc) is 2.68. The van der Waals surface area contributed by atoms with Crippen LogP contribution in [0.15, 0.2) is 60.8 Å². The van der Waals surface area contributed by atoms with Crippen molar-refractivity contribution in [3.63, 3.8) is 0 Å². The van der Waals surface area contributed by atoms with Crippen molar-refractivity contribution in [2.45, 2.75) is 27.2 Å². The van der Waals surface area contributed by atoms with Crippen LogP contribution in [0.2, 0.25) is 0 Å². The number of fused-ring (bicyclic) bond motifs is 1. The number of anilines is 2. The third-order valence-electron chi connectivity index (χ3n) is 4.64. The highest BCUT2D eigenvalue weighted by atomic mass is 16.2. The van der Waals surface area contributed by atoms with Crippen LogP contribution in [-0.4, -0.2) is 16.8 Å². The molecule has 0 atom stereocenters. The number of nitrogens with one attached hydrogen (secondary N) is 2. The second-order valence-electron chi connectivity index (χ2n) is 6.96. The third-order valence-corrected chi connectivity index (χ3v) is 4.64. The quantitative estimate of drug-likeness (QED) is 0.662. The Labute approximate surface area is 158 Å². The molecule has 27 heavy (non-hydrogen) atoms. The van der Waals surface area contributed by atoms with E-state index in [9.17, 15) is 9.59 Å². The number of rotatable bonds is 5. The fourth-order valence-electron chi connectivity index (χ4n) is 2.70. The van der Waals surface area contributed by atoms with Crippen molar-refractivity contribution in [3.05, 3.63) is 66.4 Å². The Morgan fingerprint density at radius 2 is 1.59 bits per heavy atom. The molecule has 0 spiro atoms. The standard InChI is InChI=1S/C22H23N3O2/c1-4-15-10-12-17(13-11-15)24-20(26)22(2,3)21(27)25-18-9-5-7-16-8-6-14-23-19(16)18/h5-14H,4H2,1-3H3,(H,24,26)(H,25,27). The summed E-state index contributed by atoms with van der Waals surface area (Å²) in [4.78, 5) is 29.8. The summed E-state index contributed by atoms with van der Waals surface area (Å²) in [7, 11) is 0. The van der Waals surface area contributed by atoms with Crippen LogP contribution in [0.4, 0.5) is 11.4 Å². The van der Waals surface area contributed by atoms with Gasteiger partial charge in [0.2, 0.25) is 11.8 Å². The first kappa shape index (κ1) is 18.6. The molecular weight excluding hydrogens is 338 g/mol. The molecule has 0 saturated heterocycles. The van der Waals surface area contributed by atoms with Gasteiger partial charge in [0.05, 0.1) is 11.2 Å². The highest BCUT2D eigenvalue weighted by molar-refractivity contribution is 6.15. The molecule has 0 bridgehead atoms. The van der Waals surface area contributed by atoms with E-state index in [2.05, 4.69) is 22.5 Å². The molecule has 138 valence electrons. The van der Waals surface area contributed by atoms with Crippen LogP contribution in [0.5, 0.6) is 0 Å². The van der Waals surface area contributed by atoms with Gasteiger partial charge in [0.1, 0.15) is 5.41 Å². The number of amides is 2. The molecule has 5 heteroatoms. The molecule has 0 saturated carbocycles. The Hall–Kier alpha value is -3.21. The van der Waals surface area contributed by atoms with Crippen LogP contribution >= 0.6 is 0 Å². The maximum absolute atomic E-state index is 12.8. The molecule has 0 unspecified atom stereocenters. The van der Waals surface area contributed by atoms with Crippen LogP contribution in [0.1, 0.15) is 26.3 Å². The van der Waals surface area contributed by atoms with Crippen LogP contribution < -0.4 is 10.6 Å². The van der Waals surface area contributed by atoms with Crippen LogP contribution in [0.3, 0.4) is 0 Å². The Bertz CT molecular complexity index is 973. The molecule has 0 aliphatic heterocycles. The van der Waals surface area contributed by atoms with Gasteiger partial charge < -0.3 is 10.6 Å². The molecular formula is C22H23N3O2. The molecule has 1 aromatic heterocycles. The lowest BCUT2D eigenvalue weighted by Crippen LogP contribution is -2.41. The van der Waals surface area contributed by atoms with Gasteiger partial charge in [-0.05, 0) is 50.1 Å². The average molecular weight is 361 g/mol. The number of nitrogens with zero attached hydrogens (tertiary/aromatic N) is 1. The number of para-hydroxylation sites is 1. The second kappa shape index (κ2) is 7.58. The molecule has 3 rings (SSSR count). The number of hydrogen-bond acceptors (Lipinski definition) is 3. The lowest BCUT2D eigenvalue weighted by Gasteiger charge is -2.23. The molecule has 3 aromatic rings. The first-order valence-corrected chi connectivity index (χ1v) is 8.97. The summed E-state index contributed by atoms with van der Waals surface area (Å²) < 4.78 is 0. The number of aromatic nitrogens is 1. The molecule has 2 amide bonds. The van der Waals surface area contributed by atoms with Crippen molar-refractivity contribution in [1.29, 1.82) is 0 Å². The Morgan fingerprint density at radius 1 is 0.926 bits per heavy atom. The summed E-state index contributed by atoms with van der Waals surface area (Å²) in [6, 6.07) is 16.9. The van der Waals surface area contributed by atoms with Gasteiger partial charge in [-0.15, -0.1) is 0 Å². The molecule has 5 nitrogen and oxygen atoms in total. The minimum absolute atomic E-state index is 0.363. The maximum atomic E-state index is 12.8. The number of benzene rings is 2. The largest absolute Gasteiger partial charge is 0.325 e. The molecule has 0 aliphatic rings. The zero-order valence-electron chi connectivity index (χ0n) is 15.7. The van der Waals surface area contributed by atoms with E-state index in [0.29, 0.717) is 16.9 Å². The normalized spacial score (nSPS) is 11.2. The number of aryl methyl sites for hydroxylation is 1. The van der Waals surface area contributed by atoms with E-state index in [-0.39, 0.29) is 11.8 Å². The van der Waals surface area contributed by atoms with E-state index in [1.807, 2.05) is 48.5 Å². The summed E-state index contributed by atoms with van der Waals surface area (Å²) >= 11 is 0. The minimum Gasteiger partial charge on any atom is -0.325 e. The fourth-order valence-corrected chi connectivity index (χ4v) is 2.70. The minimum atomic E-state index is -1.25. The van der Waals surface area contributed by atoms with E-state index < -0.39 is 5.41 Å². The van der Waals surface area contributed by atoms with Gasteiger partial charge >= 0.3 is 0 Å². The monoisotopic (exact) mass is 361 g/mol. The van der Waals surface area contributed by atoms with E-state index in [0.717, 1.165) is 11.8 Å². The van der Waals surface area contributed by atoms with E-state index in [4.69, 9.17) is 0 Å². The van der Waals surface area contributed by atoms with E-state index in [1.165, 1.54) is 5.56 Å². The van der Waals surface area contributed by atoms with Gasteiger partial charge in [0.25, 0.3) is 0 Å². The lowest BCUT2D eigenvalue weighted by atomic mass is 9.90. The summed E-state index contributed by atoms with van der Waals surface area (Å²) in [5.41, 5.74) is 1.89. The molecule has 0 fully saturated rings. The summed E-state index contributed by atoms with van der Waals surface area (Å²) in [6.45, 7) is 5.29. The summed E-state index contributed by atoms with van der Waals surface area (Å²) in [5.74, 6) is -0.749. The van der Waals surface area contributed by atoms with Crippen molar-refractivity contribution < 1.29 is 9.59 Å². The van der Waals surface area contributed by atoms with Gasteiger partial charge in [-0.25, -0.2) is 0 Å². The van der Waals surface area contributed by atoms with Crippen LogP contribution in [0, 0.1) is 5.41 Å². The van der Waals surface area contributed by atoms with Crippen molar-refractivity contribution in [2.24, 2.45) is 5.41 Å². The topological polar surface area (TPSA) is 71.1 Å². The SMILES string of the molecule is CCc1ccc(NC(=O)C(C)(C)C(=O)Nc2cccc3cccnc23)cc1. The summed E-state index contributed by atoms with van der Waals surface area (Å²) in [5, 5.41) is 6.59. The smallest absolute Gasteiger partial charge is 0.239 e.